The molecule has 29 heavy (non-hydrogen) atoms. The van der Waals surface area contributed by atoms with E-state index in [1.165, 1.54) is 16.8 Å². The number of hydrogen-bond donors (Lipinski definition) is 2. The Balaban J connectivity index is 1.59. The summed E-state index contributed by atoms with van der Waals surface area (Å²) in [5.74, 6) is 0.461. The molecule has 0 fully saturated rings. The highest BCUT2D eigenvalue weighted by Gasteiger charge is 2.16. The van der Waals surface area contributed by atoms with E-state index in [1.54, 1.807) is 19.2 Å². The molecule has 0 spiro atoms. The Labute approximate surface area is 167 Å². The van der Waals surface area contributed by atoms with Crippen LogP contribution in [0, 0.1) is 0 Å². The lowest BCUT2D eigenvalue weighted by Gasteiger charge is -2.06. The van der Waals surface area contributed by atoms with Gasteiger partial charge >= 0.3 is 0 Å². The Bertz CT molecular complexity index is 1210. The molecule has 0 saturated carbocycles. The number of anilines is 1. The Morgan fingerprint density at radius 3 is 2.72 bits per heavy atom. The van der Waals surface area contributed by atoms with Crippen LogP contribution in [0.4, 0.5) is 5.69 Å². The predicted molar refractivity (Wildman–Crippen MR) is 111 cm³/mol. The SMILES string of the molecule is COc1cccc(CCc2cc(=O)n3[nH]cc(C(=O)Nc4ccccc4)c3n2)c1. The van der Waals surface area contributed by atoms with Gasteiger partial charge in [-0.25, -0.2) is 9.50 Å². The van der Waals surface area contributed by atoms with Gasteiger partial charge in [0.15, 0.2) is 5.65 Å². The van der Waals surface area contributed by atoms with Crippen LogP contribution in [0.3, 0.4) is 0 Å². The third kappa shape index (κ3) is 4.03. The first-order valence-corrected chi connectivity index (χ1v) is 9.23. The summed E-state index contributed by atoms with van der Waals surface area (Å²) in [4.78, 5) is 29.7. The maximum absolute atomic E-state index is 12.7. The fourth-order valence-electron chi connectivity index (χ4n) is 3.14. The van der Waals surface area contributed by atoms with Crippen LogP contribution in [0.5, 0.6) is 5.75 Å². The van der Waals surface area contributed by atoms with Gasteiger partial charge in [0, 0.05) is 23.6 Å². The Kier molecular flexibility index (Phi) is 5.11. The lowest BCUT2D eigenvalue weighted by Crippen LogP contribution is -2.18. The van der Waals surface area contributed by atoms with E-state index >= 15 is 0 Å². The molecule has 0 bridgehead atoms. The van der Waals surface area contributed by atoms with Crippen LogP contribution in [0.2, 0.25) is 0 Å². The molecule has 2 heterocycles. The summed E-state index contributed by atoms with van der Waals surface area (Å²) in [5, 5.41) is 5.62. The van der Waals surface area contributed by atoms with Crippen LogP contribution >= 0.6 is 0 Å². The molecule has 0 aliphatic rings. The molecule has 4 aromatic rings. The van der Waals surface area contributed by atoms with Gasteiger partial charge in [0.1, 0.15) is 11.3 Å². The number of amides is 1. The maximum atomic E-state index is 12.7. The van der Waals surface area contributed by atoms with E-state index in [-0.39, 0.29) is 11.5 Å². The van der Waals surface area contributed by atoms with Crippen molar-refractivity contribution in [2.45, 2.75) is 12.8 Å². The molecule has 7 heteroatoms. The van der Waals surface area contributed by atoms with Gasteiger partial charge in [0.05, 0.1) is 7.11 Å². The normalized spacial score (nSPS) is 10.8. The van der Waals surface area contributed by atoms with Crippen LogP contribution in [0.1, 0.15) is 21.6 Å². The van der Waals surface area contributed by atoms with E-state index < -0.39 is 0 Å². The van der Waals surface area contributed by atoms with Gasteiger partial charge in [-0.2, -0.15) is 0 Å². The van der Waals surface area contributed by atoms with E-state index in [2.05, 4.69) is 15.4 Å². The quantitative estimate of drug-likeness (QED) is 0.531. The molecule has 4 rings (SSSR count). The number of para-hydroxylation sites is 1. The van der Waals surface area contributed by atoms with Crippen LogP contribution in [0.25, 0.3) is 5.65 Å². The lowest BCUT2D eigenvalue weighted by atomic mass is 10.1. The predicted octanol–water partition coefficient (Wildman–Crippen LogP) is 3.07. The van der Waals surface area contributed by atoms with Crippen molar-refractivity contribution >= 4 is 17.2 Å². The first-order chi connectivity index (χ1) is 14.1. The molecule has 2 N–H and O–H groups in total. The molecule has 1 amide bonds. The van der Waals surface area contributed by atoms with Crippen molar-refractivity contribution in [2.75, 3.05) is 12.4 Å². The number of nitrogens with one attached hydrogen (secondary N) is 2. The van der Waals surface area contributed by atoms with E-state index in [0.717, 1.165) is 11.3 Å². The Morgan fingerprint density at radius 1 is 1.10 bits per heavy atom. The van der Waals surface area contributed by atoms with Crippen molar-refractivity contribution in [3.05, 3.63) is 94.0 Å². The number of H-pyrrole nitrogens is 1. The van der Waals surface area contributed by atoms with Gasteiger partial charge in [0.2, 0.25) is 0 Å². The van der Waals surface area contributed by atoms with Crippen molar-refractivity contribution in [2.24, 2.45) is 0 Å². The second-order valence-corrected chi connectivity index (χ2v) is 6.60. The van der Waals surface area contributed by atoms with Crippen LogP contribution in [-0.4, -0.2) is 27.6 Å². The van der Waals surface area contributed by atoms with E-state index in [1.807, 2.05) is 42.5 Å². The number of ether oxygens (including phenoxy) is 1. The Morgan fingerprint density at radius 2 is 1.93 bits per heavy atom. The van der Waals surface area contributed by atoms with E-state index in [9.17, 15) is 9.59 Å². The molecule has 0 atom stereocenters. The van der Waals surface area contributed by atoms with Gasteiger partial charge in [-0.3, -0.25) is 14.7 Å². The number of aryl methyl sites for hydroxylation is 2. The van der Waals surface area contributed by atoms with Crippen molar-refractivity contribution in [1.29, 1.82) is 0 Å². The molecule has 2 aromatic carbocycles. The van der Waals surface area contributed by atoms with E-state index in [4.69, 9.17) is 4.74 Å². The highest BCUT2D eigenvalue weighted by atomic mass is 16.5. The number of hydrogen-bond acceptors (Lipinski definition) is 4. The fourth-order valence-corrected chi connectivity index (χ4v) is 3.14. The van der Waals surface area contributed by atoms with Crippen molar-refractivity contribution in [1.82, 2.24) is 14.6 Å². The zero-order valence-electron chi connectivity index (χ0n) is 15.9. The topological polar surface area (TPSA) is 88.5 Å². The zero-order chi connectivity index (χ0) is 20.2. The third-order valence-electron chi connectivity index (χ3n) is 4.63. The summed E-state index contributed by atoms with van der Waals surface area (Å²) < 4.78 is 6.52. The third-order valence-corrected chi connectivity index (χ3v) is 4.63. The minimum absolute atomic E-state index is 0.255. The largest absolute Gasteiger partial charge is 0.497 e. The number of carbonyl (C=O) groups excluding carboxylic acids is 1. The monoisotopic (exact) mass is 388 g/mol. The molecule has 146 valence electrons. The molecular weight excluding hydrogens is 368 g/mol. The fraction of sp³-hybridized carbons (Fsp3) is 0.136. The second kappa shape index (κ2) is 8.02. The number of aromatic nitrogens is 3. The number of methoxy groups -OCH3 is 1. The molecule has 0 aliphatic carbocycles. The summed E-state index contributed by atoms with van der Waals surface area (Å²) in [7, 11) is 1.63. The van der Waals surface area contributed by atoms with Crippen molar-refractivity contribution in [3.63, 3.8) is 0 Å². The number of nitrogens with zero attached hydrogens (tertiary/aromatic N) is 2. The van der Waals surface area contributed by atoms with Gasteiger partial charge in [-0.05, 0) is 42.7 Å². The van der Waals surface area contributed by atoms with Gasteiger partial charge in [-0.1, -0.05) is 30.3 Å². The van der Waals surface area contributed by atoms with Crippen molar-refractivity contribution in [3.8, 4) is 5.75 Å². The van der Waals surface area contributed by atoms with E-state index in [0.29, 0.717) is 35.4 Å². The minimum Gasteiger partial charge on any atom is -0.497 e. The summed E-state index contributed by atoms with van der Waals surface area (Å²) >= 11 is 0. The molecule has 0 radical (unpaired) electrons. The average Bonchev–Trinajstić information content (AvgIpc) is 3.18. The summed E-state index contributed by atoms with van der Waals surface area (Å²) in [6.45, 7) is 0. The first-order valence-electron chi connectivity index (χ1n) is 9.23. The molecule has 2 aromatic heterocycles. The van der Waals surface area contributed by atoms with Gasteiger partial charge in [-0.15, -0.1) is 0 Å². The first kappa shape index (κ1) is 18.5. The number of rotatable bonds is 6. The highest BCUT2D eigenvalue weighted by Crippen LogP contribution is 2.15. The van der Waals surface area contributed by atoms with Gasteiger partial charge < -0.3 is 10.1 Å². The molecule has 0 unspecified atom stereocenters. The summed E-state index contributed by atoms with van der Waals surface area (Å²) in [5.41, 5.74) is 2.76. The zero-order valence-corrected chi connectivity index (χ0v) is 15.9. The molecule has 7 nitrogen and oxygen atoms in total. The average molecular weight is 388 g/mol. The number of aromatic amines is 1. The second-order valence-electron chi connectivity index (χ2n) is 6.60. The van der Waals surface area contributed by atoms with Gasteiger partial charge in [0.25, 0.3) is 11.5 Å². The minimum atomic E-state index is -0.327. The maximum Gasteiger partial charge on any atom is 0.272 e. The number of fused-ring (bicyclic) bond motifs is 1. The standard InChI is InChI=1S/C22H20N4O3/c1-29-18-9-5-6-15(12-18)10-11-17-13-20(27)26-21(24-17)19(14-23-26)22(28)25-16-7-3-2-4-8-16/h2-9,12-14,23H,10-11H2,1H3,(H,25,28). The number of carbonyl (C=O) groups is 1. The summed E-state index contributed by atoms with van der Waals surface area (Å²) in [6.07, 6.45) is 2.77. The molecule has 0 saturated heterocycles. The Hall–Kier alpha value is -3.87. The molecule has 0 aliphatic heterocycles. The van der Waals surface area contributed by atoms with Crippen LogP contribution < -0.4 is 15.6 Å². The van der Waals surface area contributed by atoms with Crippen LogP contribution in [0.15, 0.2) is 71.7 Å². The lowest BCUT2D eigenvalue weighted by molar-refractivity contribution is 0.102. The highest BCUT2D eigenvalue weighted by molar-refractivity contribution is 6.08. The number of benzene rings is 2. The smallest absolute Gasteiger partial charge is 0.272 e. The molecular formula is C22H20N4O3. The van der Waals surface area contributed by atoms with Crippen molar-refractivity contribution < 1.29 is 9.53 Å². The summed E-state index contributed by atoms with van der Waals surface area (Å²) in [6, 6.07) is 18.4. The van der Waals surface area contributed by atoms with Crippen LogP contribution in [-0.2, 0) is 12.8 Å².